The van der Waals surface area contributed by atoms with Crippen molar-refractivity contribution in [1.82, 2.24) is 0 Å². The Bertz CT molecular complexity index is 1130. The Morgan fingerprint density at radius 2 is 1.20 bits per heavy atom. The maximum atomic E-state index is 14.7. The van der Waals surface area contributed by atoms with E-state index in [1.165, 1.54) is 6.92 Å². The van der Waals surface area contributed by atoms with Crippen molar-refractivity contribution in [2.75, 3.05) is 19.8 Å². The Kier molecular flexibility index (Phi) is 11.6. The summed E-state index contributed by atoms with van der Waals surface area (Å²) in [5, 5.41) is 0. The molecule has 1 aliphatic carbocycles. The van der Waals surface area contributed by atoms with Crippen molar-refractivity contribution < 1.29 is 49.3 Å². The lowest BCUT2D eigenvalue weighted by Crippen LogP contribution is -2.33. The molecule has 1 fully saturated rings. The summed E-state index contributed by atoms with van der Waals surface area (Å²) in [6.07, 6.45) is 3.70. The van der Waals surface area contributed by atoms with Crippen LogP contribution < -0.4 is 14.2 Å². The molecule has 3 rings (SSSR count). The second-order valence-electron chi connectivity index (χ2n) is 10.4. The van der Waals surface area contributed by atoms with Gasteiger partial charge in [0.05, 0.1) is 31.8 Å². The van der Waals surface area contributed by atoms with Gasteiger partial charge in [0.1, 0.15) is 0 Å². The fourth-order valence-electron chi connectivity index (χ4n) is 5.11. The molecule has 0 N–H and O–H groups in total. The quantitative estimate of drug-likeness (QED) is 0.192. The van der Waals surface area contributed by atoms with E-state index < -0.39 is 89.9 Å². The number of rotatable bonds is 15. The van der Waals surface area contributed by atoms with Gasteiger partial charge in [0.15, 0.2) is 23.1 Å². The average Bonchev–Trinajstić information content (AvgIpc) is 2.93. The van der Waals surface area contributed by atoms with Gasteiger partial charge < -0.3 is 14.2 Å². The maximum absolute atomic E-state index is 14.7. The van der Waals surface area contributed by atoms with Crippen LogP contribution in [0.25, 0.3) is 0 Å². The van der Waals surface area contributed by atoms with Gasteiger partial charge in [-0.3, -0.25) is 0 Å². The molecule has 3 nitrogen and oxygen atoms in total. The molecule has 0 saturated heterocycles. The lowest BCUT2D eigenvalue weighted by Gasteiger charge is -2.33. The summed E-state index contributed by atoms with van der Waals surface area (Å²) in [6.45, 7) is 2.19. The summed E-state index contributed by atoms with van der Waals surface area (Å²) < 4.78 is 130. The molecule has 1 saturated carbocycles. The molecule has 2 aromatic rings. The maximum Gasteiger partial charge on any atom is 0.279 e. The highest BCUT2D eigenvalue weighted by Crippen LogP contribution is 2.42. The molecular weight excluding hydrogens is 560 g/mol. The van der Waals surface area contributed by atoms with E-state index in [2.05, 4.69) is 6.92 Å². The second-order valence-corrected chi connectivity index (χ2v) is 10.4. The van der Waals surface area contributed by atoms with E-state index in [1.54, 1.807) is 0 Å². The average molecular weight is 597 g/mol. The van der Waals surface area contributed by atoms with Crippen LogP contribution in [0.5, 0.6) is 17.2 Å². The van der Waals surface area contributed by atoms with Crippen LogP contribution in [0.2, 0.25) is 0 Å². The first-order valence-corrected chi connectivity index (χ1v) is 14.0. The Balaban J connectivity index is 1.52. The van der Waals surface area contributed by atoms with E-state index in [4.69, 9.17) is 14.2 Å². The van der Waals surface area contributed by atoms with Crippen molar-refractivity contribution in [1.29, 1.82) is 0 Å². The molecule has 0 unspecified atom stereocenters. The zero-order valence-electron chi connectivity index (χ0n) is 23.2. The van der Waals surface area contributed by atoms with Crippen molar-refractivity contribution in [3.05, 3.63) is 53.1 Å². The van der Waals surface area contributed by atoms with Crippen LogP contribution in [0.3, 0.4) is 0 Å². The standard InChI is InChI=1S/C30H36F8O3/c1-3-5-6-19-7-9-20(10-8-19)29(35,36)15-17-40-23-13-14-24(28(34)27(23)33)41-18-16-30(37,38)21-11-12-22(39-4-2)26(32)25(21)31/h11-14,19-20H,3-10,15-18H2,1-2H3. The van der Waals surface area contributed by atoms with E-state index in [0.717, 1.165) is 50.3 Å². The minimum Gasteiger partial charge on any atom is -0.491 e. The van der Waals surface area contributed by atoms with Gasteiger partial charge in [0, 0.05) is 12.3 Å². The molecule has 1 aliphatic rings. The van der Waals surface area contributed by atoms with Gasteiger partial charge in [-0.15, -0.1) is 0 Å². The molecule has 41 heavy (non-hydrogen) atoms. The summed E-state index contributed by atoms with van der Waals surface area (Å²) >= 11 is 0. The van der Waals surface area contributed by atoms with E-state index in [-0.39, 0.29) is 6.61 Å². The third-order valence-electron chi connectivity index (χ3n) is 7.53. The lowest BCUT2D eigenvalue weighted by atomic mass is 9.76. The summed E-state index contributed by atoms with van der Waals surface area (Å²) in [6, 6.07) is 3.41. The molecule has 0 aromatic heterocycles. The third-order valence-corrected chi connectivity index (χ3v) is 7.53. The molecule has 0 aliphatic heterocycles. The predicted octanol–water partition coefficient (Wildman–Crippen LogP) is 9.60. The predicted molar refractivity (Wildman–Crippen MR) is 138 cm³/mol. The summed E-state index contributed by atoms with van der Waals surface area (Å²) in [5.74, 6) is -15.5. The molecular formula is C30H36F8O3. The Labute approximate surface area is 235 Å². The molecule has 230 valence electrons. The fourth-order valence-corrected chi connectivity index (χ4v) is 5.11. The summed E-state index contributed by atoms with van der Waals surface area (Å²) in [7, 11) is 0. The van der Waals surface area contributed by atoms with Crippen LogP contribution in [-0.4, -0.2) is 25.7 Å². The lowest BCUT2D eigenvalue weighted by molar-refractivity contribution is -0.0883. The Morgan fingerprint density at radius 1 is 0.683 bits per heavy atom. The van der Waals surface area contributed by atoms with Crippen molar-refractivity contribution in [3.63, 3.8) is 0 Å². The molecule has 11 heteroatoms. The van der Waals surface area contributed by atoms with Crippen LogP contribution in [0.15, 0.2) is 24.3 Å². The molecule has 0 amide bonds. The van der Waals surface area contributed by atoms with Crippen LogP contribution in [0.4, 0.5) is 35.1 Å². The molecule has 0 atom stereocenters. The normalized spacial score (nSPS) is 17.9. The topological polar surface area (TPSA) is 27.7 Å². The summed E-state index contributed by atoms with van der Waals surface area (Å²) in [5.41, 5.74) is -1.24. The number of hydrogen-bond acceptors (Lipinski definition) is 3. The zero-order chi connectivity index (χ0) is 30.2. The van der Waals surface area contributed by atoms with E-state index in [1.807, 2.05) is 0 Å². The molecule has 0 spiro atoms. The van der Waals surface area contributed by atoms with Gasteiger partial charge in [-0.2, -0.15) is 13.2 Å². The Morgan fingerprint density at radius 3 is 1.76 bits per heavy atom. The highest BCUT2D eigenvalue weighted by Gasteiger charge is 2.41. The van der Waals surface area contributed by atoms with Gasteiger partial charge in [-0.25, -0.2) is 22.0 Å². The largest absolute Gasteiger partial charge is 0.491 e. The number of alkyl halides is 4. The van der Waals surface area contributed by atoms with Crippen molar-refractivity contribution in [2.24, 2.45) is 11.8 Å². The van der Waals surface area contributed by atoms with Crippen molar-refractivity contribution in [3.8, 4) is 17.2 Å². The van der Waals surface area contributed by atoms with Gasteiger partial charge in [-0.05, 0) is 62.8 Å². The minimum absolute atomic E-state index is 0.00155. The monoisotopic (exact) mass is 596 g/mol. The number of hydrogen-bond donors (Lipinski definition) is 0. The molecule has 0 radical (unpaired) electrons. The number of benzene rings is 2. The molecule has 0 heterocycles. The highest BCUT2D eigenvalue weighted by molar-refractivity contribution is 5.35. The van der Waals surface area contributed by atoms with E-state index >= 15 is 0 Å². The fraction of sp³-hybridized carbons (Fsp3) is 0.600. The van der Waals surface area contributed by atoms with Crippen molar-refractivity contribution >= 4 is 0 Å². The number of halogens is 8. The van der Waals surface area contributed by atoms with Gasteiger partial charge in [-0.1, -0.05) is 26.2 Å². The smallest absolute Gasteiger partial charge is 0.279 e. The van der Waals surface area contributed by atoms with Crippen LogP contribution in [0, 0.1) is 35.1 Å². The minimum atomic E-state index is -3.90. The van der Waals surface area contributed by atoms with Crippen LogP contribution in [0.1, 0.15) is 77.2 Å². The number of ether oxygens (including phenoxy) is 3. The first kappa shape index (κ1) is 32.8. The summed E-state index contributed by atoms with van der Waals surface area (Å²) in [4.78, 5) is 0. The van der Waals surface area contributed by atoms with Gasteiger partial charge in [0.2, 0.25) is 17.5 Å². The van der Waals surface area contributed by atoms with Crippen LogP contribution in [-0.2, 0) is 5.92 Å². The SMILES string of the molecule is CCCCC1CCC(C(F)(F)CCOc2ccc(OCCC(F)(F)c3ccc(OCC)c(F)c3F)c(F)c2F)CC1. The molecule has 2 aromatic carbocycles. The first-order valence-electron chi connectivity index (χ1n) is 14.0. The molecule has 0 bridgehead atoms. The first-order chi connectivity index (χ1) is 19.4. The van der Waals surface area contributed by atoms with Gasteiger partial charge in [0.25, 0.3) is 11.8 Å². The van der Waals surface area contributed by atoms with Crippen molar-refractivity contribution in [2.45, 2.75) is 83.5 Å². The Hall–Kier alpha value is -2.72. The second kappa shape index (κ2) is 14.4. The number of unbranched alkanes of at least 4 members (excludes halogenated alkanes) is 1. The van der Waals surface area contributed by atoms with E-state index in [9.17, 15) is 35.1 Å². The highest BCUT2D eigenvalue weighted by atomic mass is 19.3. The van der Waals surface area contributed by atoms with Crippen LogP contribution >= 0.6 is 0 Å². The third kappa shape index (κ3) is 8.41. The van der Waals surface area contributed by atoms with Gasteiger partial charge >= 0.3 is 0 Å². The van der Waals surface area contributed by atoms with E-state index in [0.29, 0.717) is 24.8 Å². The zero-order valence-corrected chi connectivity index (χ0v) is 23.2.